The van der Waals surface area contributed by atoms with Crippen LogP contribution < -0.4 is 19.5 Å². The number of rotatable bonds is 6. The second-order valence-corrected chi connectivity index (χ2v) is 5.46. The Labute approximate surface area is 142 Å². The summed E-state index contributed by atoms with van der Waals surface area (Å²) in [6.45, 7) is 3.97. The van der Waals surface area contributed by atoms with E-state index < -0.39 is 0 Å². The lowest BCUT2D eigenvalue weighted by Crippen LogP contribution is -2.27. The van der Waals surface area contributed by atoms with Crippen LogP contribution in [0.3, 0.4) is 0 Å². The zero-order valence-corrected chi connectivity index (χ0v) is 14.7. The fourth-order valence-corrected chi connectivity index (χ4v) is 2.63. The highest BCUT2D eigenvalue weighted by atomic mass is 16.5. The van der Waals surface area contributed by atoms with E-state index in [2.05, 4.69) is 5.32 Å². The Balaban J connectivity index is 2.30. The first-order valence-electron chi connectivity index (χ1n) is 7.68. The molecule has 5 nitrogen and oxygen atoms in total. The molecule has 128 valence electrons. The summed E-state index contributed by atoms with van der Waals surface area (Å²) in [7, 11) is 4.59. The van der Waals surface area contributed by atoms with E-state index in [0.29, 0.717) is 22.8 Å². The first kappa shape index (κ1) is 17.7. The molecule has 1 N–H and O–H groups in total. The fourth-order valence-electron chi connectivity index (χ4n) is 2.63. The minimum atomic E-state index is -0.233. The largest absolute Gasteiger partial charge is 0.496 e. The van der Waals surface area contributed by atoms with E-state index in [1.165, 1.54) is 21.3 Å². The van der Waals surface area contributed by atoms with Crippen molar-refractivity contribution in [2.45, 2.75) is 19.9 Å². The molecule has 0 bridgehead atoms. The molecule has 0 aliphatic rings. The lowest BCUT2D eigenvalue weighted by Gasteiger charge is -2.18. The van der Waals surface area contributed by atoms with Crippen LogP contribution in [0.4, 0.5) is 0 Å². The molecular weight excluding hydrogens is 306 g/mol. The molecule has 0 radical (unpaired) electrons. The predicted molar refractivity (Wildman–Crippen MR) is 93.2 cm³/mol. The van der Waals surface area contributed by atoms with Crippen molar-refractivity contribution in [2.24, 2.45) is 0 Å². The number of hydrogen-bond acceptors (Lipinski definition) is 4. The summed E-state index contributed by atoms with van der Waals surface area (Å²) in [5.41, 5.74) is 2.60. The number of aryl methyl sites for hydroxylation is 1. The van der Waals surface area contributed by atoms with E-state index in [0.717, 1.165) is 11.1 Å². The van der Waals surface area contributed by atoms with Gasteiger partial charge in [-0.25, -0.2) is 0 Å². The molecule has 1 amide bonds. The minimum Gasteiger partial charge on any atom is -0.496 e. The number of carbonyl (C=O) groups is 1. The summed E-state index contributed by atoms with van der Waals surface area (Å²) in [6, 6.07) is 11.1. The molecule has 0 saturated heterocycles. The molecule has 1 atom stereocenters. The zero-order valence-electron chi connectivity index (χ0n) is 14.7. The Morgan fingerprint density at radius 2 is 1.54 bits per heavy atom. The Hall–Kier alpha value is -2.69. The first-order valence-corrected chi connectivity index (χ1v) is 7.68. The van der Waals surface area contributed by atoms with Crippen LogP contribution in [0.5, 0.6) is 17.2 Å². The maximum atomic E-state index is 12.7. The lowest BCUT2D eigenvalue weighted by molar-refractivity contribution is 0.0936. The number of methoxy groups -OCH3 is 3. The topological polar surface area (TPSA) is 56.8 Å². The monoisotopic (exact) mass is 329 g/mol. The zero-order chi connectivity index (χ0) is 17.7. The van der Waals surface area contributed by atoms with Crippen molar-refractivity contribution in [1.82, 2.24) is 5.32 Å². The number of nitrogens with one attached hydrogen (secondary N) is 1. The molecule has 2 aromatic rings. The summed E-state index contributed by atoms with van der Waals surface area (Å²) in [6.07, 6.45) is 0. The second kappa shape index (κ2) is 7.73. The molecule has 5 heteroatoms. The highest BCUT2D eigenvalue weighted by Gasteiger charge is 2.20. The Morgan fingerprint density at radius 1 is 0.958 bits per heavy atom. The normalized spacial score (nSPS) is 11.5. The molecule has 0 saturated carbocycles. The number of carbonyl (C=O) groups excluding carboxylic acids is 1. The minimum absolute atomic E-state index is 0.128. The van der Waals surface area contributed by atoms with Crippen LogP contribution >= 0.6 is 0 Å². The van der Waals surface area contributed by atoms with E-state index in [1.54, 1.807) is 12.1 Å². The van der Waals surface area contributed by atoms with Gasteiger partial charge in [-0.15, -0.1) is 0 Å². The van der Waals surface area contributed by atoms with Crippen LogP contribution in [0, 0.1) is 6.92 Å². The average Bonchev–Trinajstić information content (AvgIpc) is 2.60. The van der Waals surface area contributed by atoms with Gasteiger partial charge >= 0.3 is 0 Å². The van der Waals surface area contributed by atoms with Gasteiger partial charge in [-0.1, -0.05) is 24.3 Å². The van der Waals surface area contributed by atoms with Gasteiger partial charge in [0.1, 0.15) is 5.75 Å². The number of benzene rings is 2. The molecule has 2 rings (SSSR count). The third-order valence-electron chi connectivity index (χ3n) is 3.95. The molecule has 0 aliphatic carbocycles. The third-order valence-corrected chi connectivity index (χ3v) is 3.95. The Bertz CT molecular complexity index is 727. The van der Waals surface area contributed by atoms with Gasteiger partial charge in [0.05, 0.1) is 32.9 Å². The third kappa shape index (κ3) is 3.62. The van der Waals surface area contributed by atoms with Crippen LogP contribution in [0.1, 0.15) is 34.5 Å². The van der Waals surface area contributed by atoms with Crippen molar-refractivity contribution >= 4 is 5.91 Å². The van der Waals surface area contributed by atoms with E-state index in [-0.39, 0.29) is 11.9 Å². The van der Waals surface area contributed by atoms with Crippen LogP contribution in [-0.4, -0.2) is 27.2 Å². The van der Waals surface area contributed by atoms with Gasteiger partial charge in [-0.05, 0) is 25.0 Å². The molecule has 0 aromatic heterocycles. The average molecular weight is 329 g/mol. The van der Waals surface area contributed by atoms with Crippen molar-refractivity contribution in [3.05, 3.63) is 53.1 Å². The number of hydrogen-bond donors (Lipinski definition) is 1. The van der Waals surface area contributed by atoms with E-state index in [9.17, 15) is 4.79 Å². The standard InChI is InChI=1S/C19H23NO4/c1-12-8-6-7-9-14(12)13(2)20-19(21)15-10-17(23-4)18(24-5)11-16(15)22-3/h6-11,13H,1-5H3,(H,20,21)/t13-/m0/s1. The summed E-state index contributed by atoms with van der Waals surface area (Å²) >= 11 is 0. The van der Waals surface area contributed by atoms with Crippen molar-refractivity contribution in [3.8, 4) is 17.2 Å². The first-order chi connectivity index (χ1) is 11.5. The fraction of sp³-hybridized carbons (Fsp3) is 0.316. The molecular formula is C19H23NO4. The number of amides is 1. The molecule has 0 spiro atoms. The van der Waals surface area contributed by atoms with Gasteiger partial charge in [0.15, 0.2) is 11.5 Å². The second-order valence-electron chi connectivity index (χ2n) is 5.46. The SMILES string of the molecule is COc1cc(OC)c(C(=O)N[C@@H](C)c2ccccc2C)cc1OC. The van der Waals surface area contributed by atoms with E-state index >= 15 is 0 Å². The lowest BCUT2D eigenvalue weighted by atomic mass is 10.0. The van der Waals surface area contributed by atoms with Crippen LogP contribution in [0.15, 0.2) is 36.4 Å². The van der Waals surface area contributed by atoms with E-state index in [1.807, 2.05) is 38.1 Å². The van der Waals surface area contributed by atoms with Crippen LogP contribution in [-0.2, 0) is 0 Å². The van der Waals surface area contributed by atoms with E-state index in [4.69, 9.17) is 14.2 Å². The highest BCUT2D eigenvalue weighted by molar-refractivity contribution is 5.98. The van der Waals surface area contributed by atoms with Crippen molar-refractivity contribution < 1.29 is 19.0 Å². The quantitative estimate of drug-likeness (QED) is 0.881. The van der Waals surface area contributed by atoms with Crippen molar-refractivity contribution in [3.63, 3.8) is 0 Å². The molecule has 0 heterocycles. The Kier molecular flexibility index (Phi) is 5.68. The smallest absolute Gasteiger partial charge is 0.255 e. The Morgan fingerprint density at radius 3 is 2.12 bits per heavy atom. The maximum absolute atomic E-state index is 12.7. The maximum Gasteiger partial charge on any atom is 0.255 e. The van der Waals surface area contributed by atoms with Crippen molar-refractivity contribution in [1.29, 1.82) is 0 Å². The van der Waals surface area contributed by atoms with Crippen LogP contribution in [0.2, 0.25) is 0 Å². The summed E-state index contributed by atoms with van der Waals surface area (Å²) in [5.74, 6) is 1.19. The van der Waals surface area contributed by atoms with Crippen molar-refractivity contribution in [2.75, 3.05) is 21.3 Å². The van der Waals surface area contributed by atoms with Crippen LogP contribution in [0.25, 0.3) is 0 Å². The summed E-state index contributed by atoms with van der Waals surface area (Å²) < 4.78 is 15.8. The van der Waals surface area contributed by atoms with Gasteiger partial charge in [-0.2, -0.15) is 0 Å². The summed E-state index contributed by atoms with van der Waals surface area (Å²) in [5, 5.41) is 3.00. The molecule has 2 aromatic carbocycles. The number of ether oxygens (including phenoxy) is 3. The van der Waals surface area contributed by atoms with Gasteiger partial charge in [-0.3, -0.25) is 4.79 Å². The molecule has 0 aliphatic heterocycles. The van der Waals surface area contributed by atoms with Gasteiger partial charge in [0, 0.05) is 12.1 Å². The molecule has 0 fully saturated rings. The predicted octanol–water partition coefficient (Wildman–Crippen LogP) is 3.51. The molecule has 0 unspecified atom stereocenters. The van der Waals surface area contributed by atoms with Gasteiger partial charge in [0.2, 0.25) is 0 Å². The van der Waals surface area contributed by atoms with Gasteiger partial charge in [0.25, 0.3) is 5.91 Å². The highest BCUT2D eigenvalue weighted by Crippen LogP contribution is 2.34. The summed E-state index contributed by atoms with van der Waals surface area (Å²) in [4.78, 5) is 12.7. The molecule has 24 heavy (non-hydrogen) atoms. The van der Waals surface area contributed by atoms with Gasteiger partial charge < -0.3 is 19.5 Å².